The van der Waals surface area contributed by atoms with Gasteiger partial charge in [-0.25, -0.2) is 9.78 Å². The zero-order valence-corrected chi connectivity index (χ0v) is 14.6. The van der Waals surface area contributed by atoms with Crippen LogP contribution in [0, 0.1) is 0 Å². The Morgan fingerprint density at radius 2 is 1.96 bits per heavy atom. The number of nitrogens with zero attached hydrogens (tertiary/aromatic N) is 2. The van der Waals surface area contributed by atoms with Crippen LogP contribution in [0.15, 0.2) is 60.9 Å². The molecule has 2 aromatic carbocycles. The first kappa shape index (κ1) is 16.3. The maximum absolute atomic E-state index is 11.8. The molecule has 0 bridgehead atoms. The summed E-state index contributed by atoms with van der Waals surface area (Å²) in [5.41, 5.74) is 1.96. The zero-order valence-electron chi connectivity index (χ0n) is 13.9. The third-order valence-corrected chi connectivity index (χ3v) is 4.34. The van der Waals surface area contributed by atoms with E-state index in [0.717, 1.165) is 21.8 Å². The maximum atomic E-state index is 11.8. The summed E-state index contributed by atoms with van der Waals surface area (Å²) in [5, 5.41) is 6.73. The molecular weight excluding hydrogens is 350 g/mol. The molecule has 2 aromatic heterocycles. The van der Waals surface area contributed by atoms with E-state index in [-0.39, 0.29) is 0 Å². The third kappa shape index (κ3) is 2.93. The number of carbonyl (C=O) groups is 1. The Morgan fingerprint density at radius 3 is 2.77 bits per heavy atom. The lowest BCUT2D eigenvalue weighted by molar-refractivity contribution is 0.0601. The maximum Gasteiger partial charge on any atom is 0.337 e. The Morgan fingerprint density at radius 1 is 1.08 bits per heavy atom. The highest BCUT2D eigenvalue weighted by Crippen LogP contribution is 2.31. The van der Waals surface area contributed by atoms with Gasteiger partial charge >= 0.3 is 5.97 Å². The molecule has 2 heterocycles. The van der Waals surface area contributed by atoms with E-state index in [4.69, 9.17) is 21.3 Å². The van der Waals surface area contributed by atoms with Gasteiger partial charge in [-0.05, 0) is 41.8 Å². The van der Waals surface area contributed by atoms with E-state index < -0.39 is 5.97 Å². The molecule has 0 saturated carbocycles. The second-order valence-electron chi connectivity index (χ2n) is 5.74. The van der Waals surface area contributed by atoms with Gasteiger partial charge < -0.3 is 10.1 Å². The molecule has 0 unspecified atom stereocenters. The summed E-state index contributed by atoms with van der Waals surface area (Å²) in [7, 11) is 1.36. The molecule has 128 valence electrons. The van der Waals surface area contributed by atoms with E-state index in [0.29, 0.717) is 21.9 Å². The van der Waals surface area contributed by atoms with Crippen molar-refractivity contribution in [1.82, 2.24) is 9.97 Å². The van der Waals surface area contributed by atoms with Gasteiger partial charge in [0.1, 0.15) is 5.82 Å². The Kier molecular flexibility index (Phi) is 4.14. The van der Waals surface area contributed by atoms with Crippen molar-refractivity contribution in [3.05, 3.63) is 71.5 Å². The Bertz CT molecular complexity index is 1140. The highest BCUT2D eigenvalue weighted by molar-refractivity contribution is 6.30. The summed E-state index contributed by atoms with van der Waals surface area (Å²) in [6.07, 6.45) is 3.50. The zero-order chi connectivity index (χ0) is 18.1. The Labute approximate surface area is 154 Å². The van der Waals surface area contributed by atoms with Crippen LogP contribution in [-0.2, 0) is 4.74 Å². The van der Waals surface area contributed by atoms with Gasteiger partial charge in [0.05, 0.1) is 18.2 Å². The van der Waals surface area contributed by atoms with Crippen molar-refractivity contribution in [2.45, 2.75) is 0 Å². The number of ether oxygens (including phenoxy) is 1. The minimum atomic E-state index is -0.395. The molecule has 0 aliphatic rings. The summed E-state index contributed by atoms with van der Waals surface area (Å²) in [5.74, 6) is 0.248. The monoisotopic (exact) mass is 363 g/mol. The fourth-order valence-corrected chi connectivity index (χ4v) is 3.08. The molecule has 6 heteroatoms. The quantitative estimate of drug-likeness (QED) is 0.411. The number of methoxy groups -OCH3 is 1. The van der Waals surface area contributed by atoms with Crippen LogP contribution >= 0.6 is 11.6 Å². The average molecular weight is 364 g/mol. The van der Waals surface area contributed by atoms with Gasteiger partial charge in [-0.1, -0.05) is 23.7 Å². The fraction of sp³-hybridized carbons (Fsp3) is 0.0500. The number of halogens is 1. The molecule has 0 aliphatic heterocycles. The van der Waals surface area contributed by atoms with Gasteiger partial charge in [0.25, 0.3) is 0 Å². The highest BCUT2D eigenvalue weighted by atomic mass is 35.5. The van der Waals surface area contributed by atoms with Crippen molar-refractivity contribution >= 4 is 50.8 Å². The van der Waals surface area contributed by atoms with Gasteiger partial charge in [-0.3, -0.25) is 4.98 Å². The van der Waals surface area contributed by atoms with Crippen molar-refractivity contribution in [1.29, 1.82) is 0 Å². The number of esters is 1. The molecule has 0 radical (unpaired) electrons. The van der Waals surface area contributed by atoms with Crippen molar-refractivity contribution in [2.75, 3.05) is 12.4 Å². The number of rotatable bonds is 3. The van der Waals surface area contributed by atoms with Crippen LogP contribution in [0.1, 0.15) is 10.4 Å². The van der Waals surface area contributed by atoms with E-state index in [9.17, 15) is 4.79 Å². The summed E-state index contributed by atoms with van der Waals surface area (Å²) in [4.78, 5) is 20.8. The summed E-state index contributed by atoms with van der Waals surface area (Å²) < 4.78 is 4.80. The number of anilines is 2. The van der Waals surface area contributed by atoms with Crippen molar-refractivity contribution < 1.29 is 9.53 Å². The minimum Gasteiger partial charge on any atom is -0.465 e. The molecule has 0 fully saturated rings. The van der Waals surface area contributed by atoms with Gasteiger partial charge in [0, 0.05) is 33.9 Å². The molecule has 0 aliphatic carbocycles. The van der Waals surface area contributed by atoms with Crippen LogP contribution in [-0.4, -0.2) is 23.0 Å². The van der Waals surface area contributed by atoms with Crippen LogP contribution < -0.4 is 5.32 Å². The number of hydrogen-bond acceptors (Lipinski definition) is 5. The third-order valence-electron chi connectivity index (χ3n) is 4.10. The van der Waals surface area contributed by atoms with E-state index in [1.165, 1.54) is 7.11 Å². The highest BCUT2D eigenvalue weighted by Gasteiger charge is 2.12. The van der Waals surface area contributed by atoms with Crippen molar-refractivity contribution in [2.24, 2.45) is 0 Å². The van der Waals surface area contributed by atoms with Gasteiger partial charge in [0.2, 0.25) is 0 Å². The Hall–Kier alpha value is -3.18. The number of nitrogens with one attached hydrogen (secondary N) is 1. The SMILES string of the molecule is COC(=O)c1ccc2c(c1)nc(Nc1cccc(Cl)c1)c1cnccc12. The molecule has 4 aromatic rings. The van der Waals surface area contributed by atoms with Gasteiger partial charge in [0.15, 0.2) is 0 Å². The van der Waals surface area contributed by atoms with E-state index >= 15 is 0 Å². The number of aromatic nitrogens is 2. The second-order valence-corrected chi connectivity index (χ2v) is 6.18. The predicted octanol–water partition coefficient (Wildman–Crippen LogP) is 4.97. The molecule has 0 saturated heterocycles. The molecular formula is C20H14ClN3O2. The summed E-state index contributed by atoms with van der Waals surface area (Å²) in [6.45, 7) is 0. The average Bonchev–Trinajstić information content (AvgIpc) is 2.67. The second kappa shape index (κ2) is 6.61. The molecule has 1 N–H and O–H groups in total. The number of hydrogen-bond donors (Lipinski definition) is 1. The minimum absolute atomic E-state index is 0.395. The lowest BCUT2D eigenvalue weighted by atomic mass is 10.1. The van der Waals surface area contributed by atoms with Crippen LogP contribution in [0.2, 0.25) is 5.02 Å². The lowest BCUT2D eigenvalue weighted by Gasteiger charge is -2.12. The van der Waals surface area contributed by atoms with E-state index in [2.05, 4.69) is 10.3 Å². The predicted molar refractivity (Wildman–Crippen MR) is 103 cm³/mol. The van der Waals surface area contributed by atoms with E-state index in [1.807, 2.05) is 36.4 Å². The smallest absolute Gasteiger partial charge is 0.337 e. The molecule has 0 atom stereocenters. The number of carbonyl (C=O) groups excluding carboxylic acids is 1. The lowest BCUT2D eigenvalue weighted by Crippen LogP contribution is -2.02. The first-order valence-electron chi connectivity index (χ1n) is 7.94. The molecule has 26 heavy (non-hydrogen) atoms. The standard InChI is InChI=1S/C20H14ClN3O2/c1-26-20(25)12-5-6-16-15-7-8-22-11-17(15)19(24-18(16)9-12)23-14-4-2-3-13(21)10-14/h2-11H,1H3,(H,23,24). The topological polar surface area (TPSA) is 64.1 Å². The van der Waals surface area contributed by atoms with Crippen LogP contribution in [0.25, 0.3) is 21.7 Å². The van der Waals surface area contributed by atoms with Crippen molar-refractivity contribution in [3.8, 4) is 0 Å². The molecule has 4 rings (SSSR count). The van der Waals surface area contributed by atoms with Crippen molar-refractivity contribution in [3.63, 3.8) is 0 Å². The Balaban J connectivity index is 1.93. The van der Waals surface area contributed by atoms with Gasteiger partial charge in [-0.2, -0.15) is 0 Å². The summed E-state index contributed by atoms with van der Waals surface area (Å²) >= 11 is 6.07. The van der Waals surface area contributed by atoms with Crippen LogP contribution in [0.4, 0.5) is 11.5 Å². The molecule has 0 amide bonds. The molecule has 5 nitrogen and oxygen atoms in total. The number of fused-ring (bicyclic) bond motifs is 3. The number of pyridine rings is 2. The van der Waals surface area contributed by atoms with Crippen LogP contribution in [0.5, 0.6) is 0 Å². The number of benzene rings is 2. The summed E-state index contributed by atoms with van der Waals surface area (Å²) in [6, 6.07) is 14.7. The van der Waals surface area contributed by atoms with E-state index in [1.54, 1.807) is 24.5 Å². The molecule has 0 spiro atoms. The first-order chi connectivity index (χ1) is 12.7. The largest absolute Gasteiger partial charge is 0.465 e. The normalized spacial score (nSPS) is 10.8. The van der Waals surface area contributed by atoms with Gasteiger partial charge in [-0.15, -0.1) is 0 Å². The fourth-order valence-electron chi connectivity index (χ4n) is 2.89. The van der Waals surface area contributed by atoms with Crippen LogP contribution in [0.3, 0.4) is 0 Å². The first-order valence-corrected chi connectivity index (χ1v) is 8.32.